The third-order valence-corrected chi connectivity index (χ3v) is 13.6. The average molecular weight is 976 g/mol. The average Bonchev–Trinajstić information content (AvgIpc) is 3.65. The number of aromatic nitrogens is 2. The highest BCUT2D eigenvalue weighted by Crippen LogP contribution is 2.57. The smallest absolute Gasteiger partial charge is 0.335 e. The number of hydrogen-bond donors (Lipinski definition) is 7. The summed E-state index contributed by atoms with van der Waals surface area (Å²) in [5.74, 6) is 5.18. The molecule has 1 aliphatic heterocycles. The number of carboxylic acids is 1. The maximum Gasteiger partial charge on any atom is 0.335 e. The van der Waals surface area contributed by atoms with E-state index < -0.39 is 23.0 Å². The summed E-state index contributed by atoms with van der Waals surface area (Å²) in [6.07, 6.45) is 9.97. The number of hydrogen-bond acceptors (Lipinski definition) is 16. The number of fused-ring (bicyclic) bond motifs is 1. The van der Waals surface area contributed by atoms with Crippen LogP contribution >= 0.6 is 0 Å². The number of aliphatic hydroxyl groups is 1. The number of hydrazine groups is 1. The van der Waals surface area contributed by atoms with E-state index in [1.807, 2.05) is 27.7 Å². The first-order valence-corrected chi connectivity index (χ1v) is 24.7. The standard InChI is InChI=1S/C52H77N7O11/c1-6-22-58-23-19-51(34-42(60)17-18-52(51,65)39(58)5)48-36(2)13-15-46(49(48)62)70-47(61)16-14-41(53)35-59(54)24-28-67-30-29-66-27-21-55-20-9-7-8-10-25-68-43-31-40(50(63)64)32-44(33-43)69-26-11-12-45-37(3)56-57-38(45)4/h6,13,15,31-33,35,39,55,62,65H,1,7-12,14,16-30,34,53-54H2,2-5H3,(H,56,57)(H,63,64)/b41-35-. The van der Waals surface area contributed by atoms with Crippen LogP contribution in [0, 0.1) is 20.8 Å². The van der Waals surface area contributed by atoms with Crippen molar-refractivity contribution < 1.29 is 53.4 Å². The van der Waals surface area contributed by atoms with Gasteiger partial charge >= 0.3 is 11.9 Å². The lowest BCUT2D eigenvalue weighted by Crippen LogP contribution is -2.69. The number of aryl methyl sites for hydroxylation is 3. The summed E-state index contributed by atoms with van der Waals surface area (Å²) in [6, 6.07) is 7.77. The zero-order valence-corrected chi connectivity index (χ0v) is 41.7. The van der Waals surface area contributed by atoms with Gasteiger partial charge in [-0.2, -0.15) is 5.10 Å². The number of phenols is 1. The molecule has 2 heterocycles. The van der Waals surface area contributed by atoms with Crippen molar-refractivity contribution in [1.82, 2.24) is 25.4 Å². The number of carbonyl (C=O) groups excluding carboxylic acids is 2. The van der Waals surface area contributed by atoms with Gasteiger partial charge < -0.3 is 55.1 Å². The van der Waals surface area contributed by atoms with Crippen LogP contribution in [-0.4, -0.2) is 137 Å². The lowest BCUT2D eigenvalue weighted by molar-refractivity contribution is -0.163. The number of likely N-dealkylation sites (tertiary alicyclic amines) is 1. The molecule has 386 valence electrons. The molecule has 0 bridgehead atoms. The fourth-order valence-corrected chi connectivity index (χ4v) is 9.76. The first-order chi connectivity index (χ1) is 33.6. The van der Waals surface area contributed by atoms with Gasteiger partial charge in [0, 0.05) is 66.6 Å². The fraction of sp³-hybridized carbons (Fsp3) is 0.577. The maximum absolute atomic E-state index is 13.0. The number of unbranched alkanes of at least 4 members (excludes halogenated alkanes) is 3. The molecule has 1 aliphatic carbocycles. The molecule has 70 heavy (non-hydrogen) atoms. The SMILES string of the molecule is C=CCN1CCC2(c3c(C)ccc(OC(=O)CC/C(N)=C/N(N)CCOCCOCCNCCCCCCOc4cc(OCCCc5c(C)n[nH]c5C)cc(C(=O)O)c4)c3O)CC(=O)CCC2(O)C1C. The number of Topliss-reactive ketones (excluding diaryl/α,β-unsaturated/α-hetero) is 1. The van der Waals surface area contributed by atoms with Gasteiger partial charge in [0.05, 0.1) is 69.5 Å². The van der Waals surface area contributed by atoms with Crippen LogP contribution in [-0.2, 0) is 30.9 Å². The Balaban J connectivity index is 0.886. The van der Waals surface area contributed by atoms with Crippen LogP contribution in [0.4, 0.5) is 0 Å². The Morgan fingerprint density at radius 3 is 2.39 bits per heavy atom. The fourth-order valence-electron chi connectivity index (χ4n) is 9.76. The summed E-state index contributed by atoms with van der Waals surface area (Å²) < 4.78 is 28.7. The third-order valence-electron chi connectivity index (χ3n) is 13.6. The summed E-state index contributed by atoms with van der Waals surface area (Å²) >= 11 is 0. The third kappa shape index (κ3) is 15.3. The Bertz CT molecular complexity index is 2210. The Hall–Kier alpha value is -5.50. The van der Waals surface area contributed by atoms with E-state index in [4.69, 9.17) is 35.3 Å². The number of carbonyl (C=O) groups is 3. The molecule has 3 aromatic rings. The first-order valence-electron chi connectivity index (χ1n) is 24.7. The van der Waals surface area contributed by atoms with Crippen molar-refractivity contribution in [1.29, 1.82) is 0 Å². The van der Waals surface area contributed by atoms with Gasteiger partial charge in [-0.1, -0.05) is 25.0 Å². The Morgan fingerprint density at radius 1 is 0.971 bits per heavy atom. The van der Waals surface area contributed by atoms with Gasteiger partial charge in [0.25, 0.3) is 0 Å². The molecular formula is C52H77N7O11. The van der Waals surface area contributed by atoms with Gasteiger partial charge in [0.15, 0.2) is 11.5 Å². The molecule has 3 unspecified atom stereocenters. The van der Waals surface area contributed by atoms with Crippen molar-refractivity contribution in [2.75, 3.05) is 72.4 Å². The second-order valence-electron chi connectivity index (χ2n) is 18.6. The quantitative estimate of drug-likeness (QED) is 0.0102. The number of esters is 1. The number of ketones is 1. The van der Waals surface area contributed by atoms with Crippen LogP contribution < -0.4 is 31.1 Å². The van der Waals surface area contributed by atoms with E-state index in [1.54, 1.807) is 18.2 Å². The Morgan fingerprint density at radius 2 is 1.69 bits per heavy atom. The van der Waals surface area contributed by atoms with Crippen molar-refractivity contribution in [2.24, 2.45) is 11.6 Å². The van der Waals surface area contributed by atoms with Crippen molar-refractivity contribution in [3.8, 4) is 23.0 Å². The predicted octanol–water partition coefficient (Wildman–Crippen LogP) is 5.68. The van der Waals surface area contributed by atoms with Gasteiger partial charge in [0.2, 0.25) is 0 Å². The molecule has 5 rings (SSSR count). The molecule has 1 saturated carbocycles. The summed E-state index contributed by atoms with van der Waals surface area (Å²) in [6.45, 7) is 17.4. The van der Waals surface area contributed by atoms with E-state index in [-0.39, 0.29) is 61.0 Å². The van der Waals surface area contributed by atoms with Crippen molar-refractivity contribution in [3.05, 3.63) is 88.5 Å². The van der Waals surface area contributed by atoms with Gasteiger partial charge in [-0.05, 0) is 115 Å². The van der Waals surface area contributed by atoms with Crippen LogP contribution in [0.25, 0.3) is 0 Å². The normalized spacial score (nSPS) is 19.4. The molecule has 9 N–H and O–H groups in total. The van der Waals surface area contributed by atoms with Gasteiger partial charge in [-0.15, -0.1) is 6.58 Å². The number of aromatic carboxylic acids is 1. The lowest BCUT2D eigenvalue weighted by Gasteiger charge is -2.59. The molecule has 2 aromatic carbocycles. The molecule has 18 nitrogen and oxygen atoms in total. The monoisotopic (exact) mass is 976 g/mol. The van der Waals surface area contributed by atoms with Crippen LogP contribution in [0.1, 0.15) is 116 Å². The number of allylic oxidation sites excluding steroid dienone is 1. The van der Waals surface area contributed by atoms with Crippen molar-refractivity contribution in [3.63, 3.8) is 0 Å². The molecule has 2 aliphatic rings. The number of piperidine rings is 1. The van der Waals surface area contributed by atoms with E-state index in [1.165, 1.54) is 35.0 Å². The molecule has 0 spiro atoms. The molecule has 1 aromatic heterocycles. The number of carboxylic acid groups (broad SMARTS) is 1. The number of aromatic amines is 1. The van der Waals surface area contributed by atoms with E-state index in [9.17, 15) is 29.7 Å². The summed E-state index contributed by atoms with van der Waals surface area (Å²) in [5.41, 5.74) is 8.70. The van der Waals surface area contributed by atoms with Crippen molar-refractivity contribution >= 4 is 17.7 Å². The zero-order valence-electron chi connectivity index (χ0n) is 41.7. The number of benzene rings is 2. The second kappa shape index (κ2) is 27.2. The molecular weight excluding hydrogens is 899 g/mol. The van der Waals surface area contributed by atoms with Crippen LogP contribution in [0.15, 0.2) is 54.9 Å². The minimum Gasteiger partial charge on any atom is -0.504 e. The summed E-state index contributed by atoms with van der Waals surface area (Å²) in [5, 5.41) is 45.6. The van der Waals surface area contributed by atoms with E-state index in [2.05, 4.69) is 27.0 Å². The minimum atomic E-state index is -1.30. The zero-order chi connectivity index (χ0) is 50.7. The highest BCUT2D eigenvalue weighted by atomic mass is 16.5. The van der Waals surface area contributed by atoms with Crippen LogP contribution in [0.3, 0.4) is 0 Å². The van der Waals surface area contributed by atoms with E-state index in [0.29, 0.717) is 94.0 Å². The number of aromatic hydroxyl groups is 1. The van der Waals surface area contributed by atoms with E-state index >= 15 is 0 Å². The van der Waals surface area contributed by atoms with Gasteiger partial charge in [0.1, 0.15) is 17.3 Å². The molecule has 2 fully saturated rings. The van der Waals surface area contributed by atoms with Crippen LogP contribution in [0.2, 0.25) is 0 Å². The number of phenolic OH excluding ortho intramolecular Hbond substituents is 1. The Kier molecular flexibility index (Phi) is 21.5. The van der Waals surface area contributed by atoms with Crippen LogP contribution in [0.5, 0.6) is 23.0 Å². The largest absolute Gasteiger partial charge is 0.504 e. The highest BCUT2D eigenvalue weighted by Gasteiger charge is 2.62. The van der Waals surface area contributed by atoms with Gasteiger partial charge in [-0.25, -0.2) is 10.6 Å². The second-order valence-corrected chi connectivity index (χ2v) is 18.6. The number of nitrogens with two attached hydrogens (primary N) is 2. The molecule has 0 radical (unpaired) electrons. The van der Waals surface area contributed by atoms with E-state index in [0.717, 1.165) is 63.0 Å². The minimum absolute atomic E-state index is 0.0266. The molecule has 3 atom stereocenters. The maximum atomic E-state index is 13.0. The van der Waals surface area contributed by atoms with Crippen molar-refractivity contribution in [2.45, 2.75) is 122 Å². The molecule has 1 saturated heterocycles. The highest BCUT2D eigenvalue weighted by molar-refractivity contribution is 5.88. The molecule has 0 amide bonds. The number of nitrogens with zero attached hydrogens (tertiary/aromatic N) is 3. The number of nitrogens with one attached hydrogen (secondary N) is 2. The number of ether oxygens (including phenoxy) is 5. The number of rotatable bonds is 31. The topological polar surface area (TPSA) is 257 Å². The first kappa shape index (κ1) is 55.4. The van der Waals surface area contributed by atoms with Gasteiger partial charge in [-0.3, -0.25) is 19.6 Å². The predicted molar refractivity (Wildman–Crippen MR) is 266 cm³/mol. The number of H-pyrrole nitrogens is 1. The summed E-state index contributed by atoms with van der Waals surface area (Å²) in [7, 11) is 0. The Labute approximate surface area is 412 Å². The molecule has 18 heteroatoms. The lowest BCUT2D eigenvalue weighted by atomic mass is 9.53. The summed E-state index contributed by atoms with van der Waals surface area (Å²) in [4.78, 5) is 39.8.